The lowest BCUT2D eigenvalue weighted by Gasteiger charge is -2.10. The Morgan fingerprint density at radius 1 is 1.36 bits per heavy atom. The third-order valence-corrected chi connectivity index (χ3v) is 5.44. The second-order valence-electron chi connectivity index (χ2n) is 4.80. The normalized spacial score (nSPS) is 20.9. The van der Waals surface area contributed by atoms with Gasteiger partial charge in [-0.25, -0.2) is 0 Å². The van der Waals surface area contributed by atoms with Crippen molar-refractivity contribution in [3.8, 4) is 0 Å². The molecule has 22 heavy (non-hydrogen) atoms. The largest absolute Gasteiger partial charge is 0.311 e. The zero-order valence-corrected chi connectivity index (χ0v) is 14.8. The summed E-state index contributed by atoms with van der Waals surface area (Å²) in [4.78, 5) is 28.6. The predicted octanol–water partition coefficient (Wildman–Crippen LogP) is 3.18. The molecule has 0 atom stereocenters. The highest BCUT2D eigenvalue weighted by atomic mass is 79.9. The number of carbonyl (C=O) groups excluding carboxylic acids is 2. The number of thiocarbonyl (C=S) groups is 1. The molecule has 0 radical (unpaired) electrons. The van der Waals surface area contributed by atoms with Crippen LogP contribution in [-0.2, 0) is 9.59 Å². The van der Waals surface area contributed by atoms with Crippen LogP contribution >= 0.6 is 39.9 Å². The van der Waals surface area contributed by atoms with Crippen LogP contribution in [0.4, 0.5) is 5.69 Å². The fraction of sp³-hybridized carbons (Fsp3) is 0.133. The van der Waals surface area contributed by atoms with E-state index in [1.807, 2.05) is 18.2 Å². The Balaban J connectivity index is 2.18. The number of carbonyl (C=O) groups is 2. The highest BCUT2D eigenvalue weighted by Gasteiger charge is 2.40. The molecule has 2 aliphatic rings. The number of thioether (sulfide) groups is 1. The van der Waals surface area contributed by atoms with Crippen molar-refractivity contribution in [3.05, 3.63) is 45.8 Å². The molecule has 2 heterocycles. The maximum atomic E-state index is 12.6. The van der Waals surface area contributed by atoms with Crippen molar-refractivity contribution in [2.24, 2.45) is 0 Å². The lowest BCUT2D eigenvalue weighted by molar-refractivity contribution is -0.122. The maximum absolute atomic E-state index is 12.6. The van der Waals surface area contributed by atoms with Crippen molar-refractivity contribution in [1.82, 2.24) is 4.90 Å². The molecule has 0 saturated carbocycles. The number of fused-ring (bicyclic) bond motifs is 1. The molecule has 2 amide bonds. The van der Waals surface area contributed by atoms with E-state index in [-0.39, 0.29) is 11.8 Å². The smallest absolute Gasteiger partial charge is 0.267 e. The van der Waals surface area contributed by atoms with Gasteiger partial charge in [-0.05, 0) is 18.2 Å². The van der Waals surface area contributed by atoms with Gasteiger partial charge in [-0.15, -0.1) is 6.58 Å². The lowest BCUT2D eigenvalue weighted by atomic mass is 10.1. The van der Waals surface area contributed by atoms with Crippen LogP contribution in [0.3, 0.4) is 0 Å². The number of rotatable bonds is 2. The Labute approximate surface area is 146 Å². The minimum absolute atomic E-state index is 0.188. The van der Waals surface area contributed by atoms with E-state index in [1.54, 1.807) is 18.0 Å². The van der Waals surface area contributed by atoms with Gasteiger partial charge in [-0.1, -0.05) is 46.0 Å². The van der Waals surface area contributed by atoms with Crippen LogP contribution < -0.4 is 4.90 Å². The molecule has 2 aliphatic heterocycles. The topological polar surface area (TPSA) is 40.6 Å². The fourth-order valence-electron chi connectivity index (χ4n) is 2.45. The van der Waals surface area contributed by atoms with Crippen LogP contribution in [0, 0.1) is 0 Å². The molecule has 0 aromatic heterocycles. The number of halogens is 1. The molecule has 1 fully saturated rings. The molecular formula is C15H11BrN2O2S2. The van der Waals surface area contributed by atoms with E-state index in [1.165, 1.54) is 16.7 Å². The van der Waals surface area contributed by atoms with E-state index in [4.69, 9.17) is 12.2 Å². The Kier molecular flexibility index (Phi) is 3.96. The average Bonchev–Trinajstić information content (AvgIpc) is 2.88. The molecule has 1 aromatic rings. The molecule has 3 rings (SSSR count). The van der Waals surface area contributed by atoms with Crippen LogP contribution in [0.15, 0.2) is 40.2 Å². The average molecular weight is 395 g/mol. The number of nitrogens with zero attached hydrogens (tertiary/aromatic N) is 2. The Morgan fingerprint density at radius 3 is 2.77 bits per heavy atom. The fourth-order valence-corrected chi connectivity index (χ4v) is 4.16. The Hall–Kier alpha value is -1.44. The van der Waals surface area contributed by atoms with Crippen LogP contribution in [0.5, 0.6) is 0 Å². The van der Waals surface area contributed by atoms with Crippen molar-refractivity contribution in [2.75, 3.05) is 18.5 Å². The van der Waals surface area contributed by atoms with Crippen LogP contribution in [0.25, 0.3) is 5.57 Å². The van der Waals surface area contributed by atoms with Crippen molar-refractivity contribution in [1.29, 1.82) is 0 Å². The summed E-state index contributed by atoms with van der Waals surface area (Å²) >= 11 is 9.82. The van der Waals surface area contributed by atoms with Crippen LogP contribution in [0.1, 0.15) is 5.56 Å². The standard InChI is InChI=1S/C15H11BrN2O2S2/c1-3-6-18-14(20)12(22-15(18)21)11-9-7-8(16)4-5-10(9)17(2)13(11)19/h3-5,7H,1,6H2,2H3. The Bertz CT molecular complexity index is 773. The second kappa shape index (κ2) is 5.64. The minimum atomic E-state index is -0.237. The molecule has 0 unspecified atom stereocenters. The van der Waals surface area contributed by atoms with Gasteiger partial charge in [-0.2, -0.15) is 0 Å². The first-order valence-electron chi connectivity index (χ1n) is 6.42. The molecule has 0 aliphatic carbocycles. The van der Waals surface area contributed by atoms with Gasteiger partial charge in [0, 0.05) is 23.6 Å². The van der Waals surface area contributed by atoms with E-state index in [0.29, 0.717) is 21.3 Å². The summed E-state index contributed by atoms with van der Waals surface area (Å²) < 4.78 is 1.31. The molecular weight excluding hydrogens is 384 g/mol. The summed E-state index contributed by atoms with van der Waals surface area (Å²) in [6.07, 6.45) is 1.62. The van der Waals surface area contributed by atoms with Gasteiger partial charge in [-0.3, -0.25) is 14.5 Å². The number of hydrogen-bond donors (Lipinski definition) is 0. The summed E-state index contributed by atoms with van der Waals surface area (Å²) in [5, 5.41) is 0. The zero-order chi connectivity index (χ0) is 16.0. The molecule has 112 valence electrons. The molecule has 0 bridgehead atoms. The minimum Gasteiger partial charge on any atom is -0.311 e. The van der Waals surface area contributed by atoms with E-state index in [2.05, 4.69) is 22.5 Å². The van der Waals surface area contributed by atoms with E-state index >= 15 is 0 Å². The summed E-state index contributed by atoms with van der Waals surface area (Å²) in [6.45, 7) is 3.97. The number of benzene rings is 1. The zero-order valence-electron chi connectivity index (χ0n) is 11.6. The number of likely N-dealkylation sites (N-methyl/N-ethyl adjacent to an activating group) is 1. The van der Waals surface area contributed by atoms with Gasteiger partial charge in [0.05, 0.1) is 16.2 Å². The van der Waals surface area contributed by atoms with Crippen molar-refractivity contribution >= 4 is 67.3 Å². The predicted molar refractivity (Wildman–Crippen MR) is 96.6 cm³/mol. The van der Waals surface area contributed by atoms with Crippen molar-refractivity contribution < 1.29 is 9.59 Å². The van der Waals surface area contributed by atoms with Crippen molar-refractivity contribution in [2.45, 2.75) is 0 Å². The first kappa shape index (κ1) is 15.5. The van der Waals surface area contributed by atoms with E-state index in [0.717, 1.165) is 15.7 Å². The first-order valence-corrected chi connectivity index (χ1v) is 8.44. The summed E-state index contributed by atoms with van der Waals surface area (Å²) in [6, 6.07) is 5.58. The molecule has 1 saturated heterocycles. The molecule has 7 heteroatoms. The van der Waals surface area contributed by atoms with Crippen LogP contribution in [0.2, 0.25) is 0 Å². The molecule has 4 nitrogen and oxygen atoms in total. The Morgan fingerprint density at radius 2 is 2.09 bits per heavy atom. The first-order chi connectivity index (χ1) is 10.5. The van der Waals surface area contributed by atoms with Gasteiger partial charge in [0.15, 0.2) is 0 Å². The lowest BCUT2D eigenvalue weighted by Crippen LogP contribution is -2.28. The van der Waals surface area contributed by atoms with Gasteiger partial charge in [0.25, 0.3) is 11.8 Å². The van der Waals surface area contributed by atoms with Gasteiger partial charge in [0.1, 0.15) is 4.32 Å². The third kappa shape index (κ3) is 2.24. The number of hydrogen-bond acceptors (Lipinski definition) is 4. The highest BCUT2D eigenvalue weighted by Crippen LogP contribution is 2.44. The third-order valence-electron chi connectivity index (χ3n) is 3.50. The summed E-state index contributed by atoms with van der Waals surface area (Å²) in [5.41, 5.74) is 1.96. The van der Waals surface area contributed by atoms with Gasteiger partial charge >= 0.3 is 0 Å². The monoisotopic (exact) mass is 394 g/mol. The number of amides is 2. The number of anilines is 1. The highest BCUT2D eigenvalue weighted by molar-refractivity contribution is 9.10. The van der Waals surface area contributed by atoms with Gasteiger partial charge in [0.2, 0.25) is 0 Å². The van der Waals surface area contributed by atoms with Gasteiger partial charge < -0.3 is 4.90 Å². The van der Waals surface area contributed by atoms with E-state index < -0.39 is 0 Å². The quantitative estimate of drug-likeness (QED) is 0.438. The molecule has 0 N–H and O–H groups in total. The SMILES string of the molecule is C=CCN1C(=O)C(=C2C(=O)N(C)c3ccc(Br)cc32)SC1=S. The summed E-state index contributed by atoms with van der Waals surface area (Å²) in [5.74, 6) is -0.424. The van der Waals surface area contributed by atoms with Crippen molar-refractivity contribution in [3.63, 3.8) is 0 Å². The maximum Gasteiger partial charge on any atom is 0.267 e. The summed E-state index contributed by atoms with van der Waals surface area (Å²) in [7, 11) is 1.70. The molecule has 0 spiro atoms. The second-order valence-corrected chi connectivity index (χ2v) is 7.36. The molecule has 1 aromatic carbocycles. The van der Waals surface area contributed by atoms with Crippen LogP contribution in [-0.4, -0.2) is 34.6 Å². The van der Waals surface area contributed by atoms with E-state index in [9.17, 15) is 9.59 Å².